The number of halogens is 3. The fourth-order valence-electron chi connectivity index (χ4n) is 2.22. The third kappa shape index (κ3) is 5.55. The molecule has 0 saturated carbocycles. The zero-order valence-electron chi connectivity index (χ0n) is 12.4. The highest BCUT2D eigenvalue weighted by Gasteiger charge is 2.34. The highest BCUT2D eigenvalue weighted by molar-refractivity contribution is 5.77. The summed E-state index contributed by atoms with van der Waals surface area (Å²) in [5, 5.41) is 20.7. The molecule has 0 heterocycles. The SMILES string of the molecule is CCC[C@H](N[C@@H](Cc1ccccc1C(F)(F)F)C(=O)O)C(=O)O. The molecule has 0 saturated heterocycles. The van der Waals surface area contributed by atoms with E-state index in [1.165, 1.54) is 18.2 Å². The van der Waals surface area contributed by atoms with Gasteiger partial charge in [0.1, 0.15) is 12.1 Å². The second-order valence-electron chi connectivity index (χ2n) is 5.10. The molecule has 3 N–H and O–H groups in total. The van der Waals surface area contributed by atoms with Crippen molar-refractivity contribution in [2.24, 2.45) is 0 Å². The number of benzene rings is 1. The quantitative estimate of drug-likeness (QED) is 0.681. The summed E-state index contributed by atoms with van der Waals surface area (Å²) >= 11 is 0. The topological polar surface area (TPSA) is 86.6 Å². The van der Waals surface area contributed by atoms with E-state index in [4.69, 9.17) is 5.11 Å². The van der Waals surface area contributed by atoms with Gasteiger partial charge < -0.3 is 10.2 Å². The minimum atomic E-state index is -4.60. The lowest BCUT2D eigenvalue weighted by molar-refractivity contribution is -0.144. The van der Waals surface area contributed by atoms with E-state index < -0.39 is 42.2 Å². The van der Waals surface area contributed by atoms with Crippen molar-refractivity contribution in [3.05, 3.63) is 35.4 Å². The molecule has 1 aromatic carbocycles. The van der Waals surface area contributed by atoms with Crippen molar-refractivity contribution in [2.75, 3.05) is 0 Å². The molecule has 0 spiro atoms. The number of carbonyl (C=O) groups is 2. The summed E-state index contributed by atoms with van der Waals surface area (Å²) in [6, 6.07) is 2.10. The van der Waals surface area contributed by atoms with Gasteiger partial charge in [-0.15, -0.1) is 0 Å². The van der Waals surface area contributed by atoms with Crippen LogP contribution in [-0.2, 0) is 22.2 Å². The van der Waals surface area contributed by atoms with Gasteiger partial charge in [0.25, 0.3) is 0 Å². The van der Waals surface area contributed by atoms with Crippen LogP contribution in [0.15, 0.2) is 24.3 Å². The molecular formula is C15H18F3NO4. The van der Waals surface area contributed by atoms with Gasteiger partial charge in [0.2, 0.25) is 0 Å². The fraction of sp³-hybridized carbons (Fsp3) is 0.467. The number of rotatable bonds is 8. The number of carboxylic acid groups (broad SMARTS) is 2. The van der Waals surface area contributed by atoms with Crippen molar-refractivity contribution < 1.29 is 33.0 Å². The highest BCUT2D eigenvalue weighted by Crippen LogP contribution is 2.32. The van der Waals surface area contributed by atoms with E-state index in [1.54, 1.807) is 6.92 Å². The second kappa shape index (κ2) is 7.96. The third-order valence-corrected chi connectivity index (χ3v) is 3.32. The predicted molar refractivity (Wildman–Crippen MR) is 76.0 cm³/mol. The number of alkyl halides is 3. The summed E-state index contributed by atoms with van der Waals surface area (Å²) in [6.45, 7) is 1.73. The molecule has 5 nitrogen and oxygen atoms in total. The van der Waals surface area contributed by atoms with Crippen LogP contribution in [0.2, 0.25) is 0 Å². The molecule has 23 heavy (non-hydrogen) atoms. The van der Waals surface area contributed by atoms with Crippen molar-refractivity contribution in [1.29, 1.82) is 0 Å². The van der Waals surface area contributed by atoms with E-state index in [1.807, 2.05) is 0 Å². The summed E-state index contributed by atoms with van der Waals surface area (Å²) in [6.07, 6.45) is -4.39. The largest absolute Gasteiger partial charge is 0.480 e. The van der Waals surface area contributed by atoms with Crippen LogP contribution in [0.3, 0.4) is 0 Å². The Kier molecular flexibility index (Phi) is 6.56. The van der Waals surface area contributed by atoms with E-state index in [0.717, 1.165) is 6.07 Å². The number of hydrogen-bond acceptors (Lipinski definition) is 3. The van der Waals surface area contributed by atoms with E-state index in [-0.39, 0.29) is 12.0 Å². The smallest absolute Gasteiger partial charge is 0.416 e. The third-order valence-electron chi connectivity index (χ3n) is 3.32. The Hall–Kier alpha value is -2.09. The van der Waals surface area contributed by atoms with Crippen LogP contribution in [-0.4, -0.2) is 34.2 Å². The van der Waals surface area contributed by atoms with Crippen molar-refractivity contribution in [3.8, 4) is 0 Å². The number of nitrogens with one attached hydrogen (secondary N) is 1. The second-order valence-corrected chi connectivity index (χ2v) is 5.10. The van der Waals surface area contributed by atoms with Gasteiger partial charge in [-0.1, -0.05) is 31.5 Å². The lowest BCUT2D eigenvalue weighted by atomic mass is 9.98. The zero-order chi connectivity index (χ0) is 17.6. The maximum Gasteiger partial charge on any atom is 0.416 e. The first-order valence-corrected chi connectivity index (χ1v) is 7.03. The number of carboxylic acids is 2. The maximum absolute atomic E-state index is 12.9. The van der Waals surface area contributed by atoms with E-state index >= 15 is 0 Å². The highest BCUT2D eigenvalue weighted by atomic mass is 19.4. The van der Waals surface area contributed by atoms with Gasteiger partial charge in [-0.2, -0.15) is 13.2 Å². The first-order chi connectivity index (χ1) is 10.7. The molecule has 1 rings (SSSR count). The van der Waals surface area contributed by atoms with E-state index in [9.17, 15) is 27.9 Å². The maximum atomic E-state index is 12.9. The standard InChI is InChI=1S/C15H18F3NO4/c1-2-5-11(13(20)21)19-12(14(22)23)8-9-6-3-4-7-10(9)15(16,17)18/h3-4,6-7,11-12,19H,2,5,8H2,1H3,(H,20,21)(H,22,23)/t11-,12-/m0/s1. The Morgan fingerprint density at radius 2 is 1.70 bits per heavy atom. The first-order valence-electron chi connectivity index (χ1n) is 7.03. The van der Waals surface area contributed by atoms with Gasteiger partial charge in [-0.3, -0.25) is 14.9 Å². The van der Waals surface area contributed by atoms with Crippen LogP contribution in [0.25, 0.3) is 0 Å². The molecule has 8 heteroatoms. The molecule has 0 bridgehead atoms. The van der Waals surface area contributed by atoms with Crippen LogP contribution >= 0.6 is 0 Å². The molecule has 0 aliphatic rings. The van der Waals surface area contributed by atoms with Crippen LogP contribution in [0, 0.1) is 0 Å². The van der Waals surface area contributed by atoms with Crippen molar-refractivity contribution >= 4 is 11.9 Å². The Bertz CT molecular complexity index is 560. The van der Waals surface area contributed by atoms with E-state index in [2.05, 4.69) is 5.32 Å². The molecule has 0 aliphatic carbocycles. The van der Waals surface area contributed by atoms with Crippen molar-refractivity contribution in [1.82, 2.24) is 5.32 Å². The van der Waals surface area contributed by atoms with Gasteiger partial charge in [0, 0.05) is 0 Å². The van der Waals surface area contributed by atoms with Crippen LogP contribution in [0.1, 0.15) is 30.9 Å². The summed E-state index contributed by atoms with van der Waals surface area (Å²) in [5.74, 6) is -2.63. The molecule has 0 unspecified atom stereocenters. The minimum absolute atomic E-state index is 0.181. The van der Waals surface area contributed by atoms with Gasteiger partial charge in [-0.05, 0) is 24.5 Å². The number of aliphatic carboxylic acids is 2. The molecule has 0 radical (unpaired) electrons. The average Bonchev–Trinajstić information content (AvgIpc) is 2.44. The summed E-state index contributed by atoms with van der Waals surface area (Å²) in [4.78, 5) is 22.4. The normalized spacial score (nSPS) is 14.3. The monoisotopic (exact) mass is 333 g/mol. The molecular weight excluding hydrogens is 315 g/mol. The van der Waals surface area contributed by atoms with Crippen molar-refractivity contribution in [3.63, 3.8) is 0 Å². The molecule has 0 aliphatic heterocycles. The summed E-state index contributed by atoms with van der Waals surface area (Å²) < 4.78 is 38.8. The Morgan fingerprint density at radius 3 is 2.17 bits per heavy atom. The first kappa shape index (κ1) is 19.0. The van der Waals surface area contributed by atoms with Crippen LogP contribution < -0.4 is 5.32 Å². The molecule has 1 aromatic rings. The zero-order valence-corrected chi connectivity index (χ0v) is 12.4. The van der Waals surface area contributed by atoms with Gasteiger partial charge in [0.05, 0.1) is 5.56 Å². The average molecular weight is 333 g/mol. The predicted octanol–water partition coefficient (Wildman–Crippen LogP) is 2.54. The Morgan fingerprint density at radius 1 is 1.13 bits per heavy atom. The van der Waals surface area contributed by atoms with Crippen LogP contribution in [0.5, 0.6) is 0 Å². The summed E-state index contributed by atoms with van der Waals surface area (Å²) in [5.41, 5.74) is -1.11. The van der Waals surface area contributed by atoms with E-state index in [0.29, 0.717) is 6.42 Å². The van der Waals surface area contributed by atoms with Gasteiger partial charge >= 0.3 is 18.1 Å². The fourth-order valence-corrected chi connectivity index (χ4v) is 2.22. The lowest BCUT2D eigenvalue weighted by Crippen LogP contribution is -2.48. The number of hydrogen-bond donors (Lipinski definition) is 3. The lowest BCUT2D eigenvalue weighted by Gasteiger charge is -2.21. The van der Waals surface area contributed by atoms with Crippen molar-refractivity contribution in [2.45, 2.75) is 44.4 Å². The Balaban J connectivity index is 3.02. The molecule has 0 aromatic heterocycles. The van der Waals surface area contributed by atoms with Crippen LogP contribution in [0.4, 0.5) is 13.2 Å². The molecule has 2 atom stereocenters. The molecule has 128 valence electrons. The minimum Gasteiger partial charge on any atom is -0.480 e. The molecule has 0 amide bonds. The molecule has 0 fully saturated rings. The van der Waals surface area contributed by atoms with Gasteiger partial charge in [-0.25, -0.2) is 0 Å². The summed E-state index contributed by atoms with van der Waals surface area (Å²) in [7, 11) is 0. The van der Waals surface area contributed by atoms with Gasteiger partial charge in [0.15, 0.2) is 0 Å². The Labute approximate surface area is 131 Å².